The molecular weight excluding hydrogens is 1000 g/mol. The quantitative estimate of drug-likeness (QED) is 0.0537. The number of nitrogens with one attached hydrogen (secondary N) is 8. The van der Waals surface area contributed by atoms with Gasteiger partial charge in [-0.15, -0.1) is 0 Å². The molecule has 0 aliphatic carbocycles. The number of fused-ring (bicyclic) bond motifs is 1. The van der Waals surface area contributed by atoms with E-state index in [9.17, 15) is 43.2 Å². The molecule has 0 radical (unpaired) electrons. The van der Waals surface area contributed by atoms with Crippen molar-refractivity contribution in [1.82, 2.24) is 52.0 Å². The molecule has 4 aliphatic rings. The zero-order valence-corrected chi connectivity index (χ0v) is 43.9. The number of allylic oxidation sites excluding steroid dienone is 1. The number of aromatic amines is 1. The summed E-state index contributed by atoms with van der Waals surface area (Å²) in [6, 6.07) is 5.96. The van der Waals surface area contributed by atoms with Gasteiger partial charge in [-0.25, -0.2) is 0 Å². The van der Waals surface area contributed by atoms with Gasteiger partial charge in [0.15, 0.2) is 11.7 Å². The first-order valence-electron chi connectivity index (χ1n) is 26.5. The number of nitrogens with zero attached hydrogens (tertiary/aromatic N) is 4. The Morgan fingerprint density at radius 1 is 0.705 bits per heavy atom. The molecule has 5 heterocycles. The van der Waals surface area contributed by atoms with Gasteiger partial charge in [0.2, 0.25) is 53.2 Å². The lowest BCUT2D eigenvalue weighted by atomic mass is 10.0. The largest absolute Gasteiger partial charge is 0.370 e. The predicted molar refractivity (Wildman–Crippen MR) is 288 cm³/mol. The van der Waals surface area contributed by atoms with Crippen LogP contribution in [0.15, 0.2) is 82.6 Å². The third-order valence-electron chi connectivity index (χ3n) is 14.3. The van der Waals surface area contributed by atoms with Crippen LogP contribution < -0.4 is 48.7 Å². The van der Waals surface area contributed by atoms with E-state index in [1.807, 2.05) is 18.2 Å². The highest BCUT2D eigenvalue weighted by molar-refractivity contribution is 5.99. The Balaban J connectivity index is 1.28. The number of aliphatic imine (C=N–C) groups is 2. The minimum atomic E-state index is -1.54. The van der Waals surface area contributed by atoms with E-state index in [0.29, 0.717) is 49.1 Å². The number of H-pyrrole nitrogens is 1. The van der Waals surface area contributed by atoms with Crippen molar-refractivity contribution in [2.24, 2.45) is 21.5 Å². The highest BCUT2D eigenvalue weighted by Gasteiger charge is 2.44. The van der Waals surface area contributed by atoms with Gasteiger partial charge >= 0.3 is 0 Å². The van der Waals surface area contributed by atoms with Gasteiger partial charge in [-0.05, 0) is 69.1 Å². The highest BCUT2D eigenvalue weighted by Crippen LogP contribution is 2.27. The minimum Gasteiger partial charge on any atom is -0.370 e. The first-order chi connectivity index (χ1) is 37.4. The Kier molecular flexibility index (Phi) is 19.9. The van der Waals surface area contributed by atoms with Gasteiger partial charge in [-0.2, -0.15) is 0 Å². The number of hydrogen-bond donors (Lipinski definition) is 10. The second-order valence-corrected chi connectivity index (χ2v) is 20.0. The molecule has 0 spiro atoms. The van der Waals surface area contributed by atoms with Crippen LogP contribution in [0.3, 0.4) is 0 Å². The van der Waals surface area contributed by atoms with Crippen LogP contribution in [-0.2, 0) is 60.8 Å². The first kappa shape index (κ1) is 57.3. The normalized spacial score (nSPS) is 24.9. The van der Waals surface area contributed by atoms with Crippen LogP contribution in [0, 0.1) is 0 Å². The smallest absolute Gasteiger partial charge is 0.247 e. The lowest BCUT2D eigenvalue weighted by Crippen LogP contribution is -2.61. The molecule has 3 fully saturated rings. The van der Waals surface area contributed by atoms with Gasteiger partial charge in [0.05, 0.1) is 6.04 Å². The number of amides is 9. The van der Waals surface area contributed by atoms with E-state index in [1.165, 1.54) is 23.6 Å². The third kappa shape index (κ3) is 15.4. The van der Waals surface area contributed by atoms with Crippen LogP contribution in [0.2, 0.25) is 0 Å². The zero-order chi connectivity index (χ0) is 55.9. The highest BCUT2D eigenvalue weighted by atomic mass is 16.2. The summed E-state index contributed by atoms with van der Waals surface area (Å²) in [5.41, 5.74) is 13.7. The molecule has 12 N–H and O–H groups in total. The Morgan fingerprint density at radius 3 is 2.00 bits per heavy atom. The van der Waals surface area contributed by atoms with Crippen molar-refractivity contribution in [3.8, 4) is 0 Å². The summed E-state index contributed by atoms with van der Waals surface area (Å²) in [5, 5.41) is 19.8. The molecule has 24 nitrogen and oxygen atoms in total. The summed E-state index contributed by atoms with van der Waals surface area (Å²) in [4.78, 5) is 156. The molecule has 0 unspecified atom stereocenters. The molecule has 0 bridgehead atoms. The van der Waals surface area contributed by atoms with Crippen molar-refractivity contribution in [3.05, 3.63) is 83.7 Å². The van der Waals surface area contributed by atoms with E-state index in [4.69, 9.17) is 11.5 Å². The molecular formula is C54H70N14O10. The van der Waals surface area contributed by atoms with E-state index in [1.54, 1.807) is 54.9 Å². The second-order valence-electron chi connectivity index (χ2n) is 20.0. The SMILES string of the molecule is CC(=O)N[C@H]1CCC(=O)NC[C@@H](C(=O)N2CCC[C@H]2C(=O)N2CCC[C@H]2C(C)=O)NC(=O)[C@H](Cc2c[nH]c3ccccc23)NC(=O)[C@H](CCCN=C(N)N)NC(=O)[C@@H](Cc2ccccc2)NC(=O)[C@H](CC2=CCC=N2)NC1=O. The average Bonchev–Trinajstić information content (AvgIpc) is 4.29. The maximum absolute atomic E-state index is 15.0. The van der Waals surface area contributed by atoms with Crippen molar-refractivity contribution < 1.29 is 47.9 Å². The van der Waals surface area contributed by atoms with E-state index in [2.05, 4.69) is 52.2 Å². The monoisotopic (exact) mass is 1070 g/mol. The Labute approximate surface area is 451 Å². The zero-order valence-electron chi connectivity index (χ0n) is 43.9. The van der Waals surface area contributed by atoms with Crippen LogP contribution in [0.1, 0.15) is 89.2 Å². The number of nitrogens with two attached hydrogens (primary N) is 2. The van der Waals surface area contributed by atoms with Crippen LogP contribution in [-0.4, -0.2) is 160 Å². The molecule has 0 saturated carbocycles. The number of carbonyl (C=O) groups is 10. The number of ketones is 1. The summed E-state index contributed by atoms with van der Waals surface area (Å²) < 4.78 is 0. The summed E-state index contributed by atoms with van der Waals surface area (Å²) >= 11 is 0. The maximum Gasteiger partial charge on any atom is 0.247 e. The molecule has 3 saturated heterocycles. The second kappa shape index (κ2) is 27.0. The molecule has 416 valence electrons. The summed E-state index contributed by atoms with van der Waals surface area (Å²) in [5.74, 6) is -6.93. The van der Waals surface area contributed by atoms with Gasteiger partial charge in [-0.1, -0.05) is 54.6 Å². The van der Waals surface area contributed by atoms with E-state index in [-0.39, 0.29) is 69.8 Å². The molecule has 78 heavy (non-hydrogen) atoms. The Morgan fingerprint density at radius 2 is 1.32 bits per heavy atom. The lowest BCUT2D eigenvalue weighted by molar-refractivity contribution is -0.147. The number of likely N-dealkylation sites (tertiary alicyclic amines) is 2. The van der Waals surface area contributed by atoms with E-state index >= 15 is 4.79 Å². The van der Waals surface area contributed by atoms with E-state index in [0.717, 1.165) is 10.9 Å². The number of guanidine groups is 1. The fourth-order valence-electron chi connectivity index (χ4n) is 10.3. The molecule has 24 heteroatoms. The van der Waals surface area contributed by atoms with Gasteiger partial charge in [0, 0.05) is 94.2 Å². The van der Waals surface area contributed by atoms with Crippen LogP contribution in [0.25, 0.3) is 10.9 Å². The Hall–Kier alpha value is -8.44. The number of aromatic nitrogens is 1. The number of Topliss-reactive ketones (excluding diaryl/α,β-unsaturated/α-hetero) is 1. The standard InChI is InChI=1S/C54H70N14O10/c1-31(69)44-18-10-24-67(44)53(78)45-19-11-25-68(45)52(77)43-30-60-46(71)21-20-39(61-32(2)70)48(73)65-42(28-35-14-8-22-57-35)51(76)63-40(26-33-12-4-3-5-13-33)49(74)62-38(17-9-23-58-54(55)56)47(72)64-41(50(75)66-43)27-34-29-59-37-16-7-6-15-36(34)37/h3-7,12-16,22,29,38-45,59H,8-11,17-21,23-28,30H2,1-2H3,(H,60,71)(H,61,70)(H,62,74)(H,63,76)(H,64,72)(H,65,73)(H,66,75)(H4,55,56,58)/t38-,39-,40+,41-,42-,43-,44-,45-/m0/s1. The molecule has 3 aromatic rings. The third-order valence-corrected chi connectivity index (χ3v) is 14.3. The number of benzene rings is 2. The van der Waals surface area contributed by atoms with Crippen molar-refractivity contribution in [2.75, 3.05) is 26.2 Å². The number of rotatable bonds is 14. The number of para-hydroxylation sites is 1. The van der Waals surface area contributed by atoms with Gasteiger partial charge in [0.25, 0.3) is 0 Å². The molecule has 7 rings (SSSR count). The Bertz CT molecular complexity index is 2830. The fraction of sp³-hybridized carbons (Fsp3) is 0.481. The minimum absolute atomic E-state index is 0.0489. The molecule has 1 aromatic heterocycles. The van der Waals surface area contributed by atoms with E-state index < -0.39 is 114 Å². The van der Waals surface area contributed by atoms with Crippen molar-refractivity contribution in [1.29, 1.82) is 0 Å². The van der Waals surface area contributed by atoms with Gasteiger partial charge < -0.3 is 63.5 Å². The molecule has 8 atom stereocenters. The summed E-state index contributed by atoms with van der Waals surface area (Å²) in [6.07, 6.45) is 6.40. The predicted octanol–water partition coefficient (Wildman–Crippen LogP) is -0.835. The molecule has 2 aromatic carbocycles. The van der Waals surface area contributed by atoms with Crippen molar-refractivity contribution in [2.45, 2.75) is 139 Å². The first-order valence-corrected chi connectivity index (χ1v) is 26.5. The number of hydrogen-bond acceptors (Lipinski definition) is 12. The van der Waals surface area contributed by atoms with Crippen LogP contribution >= 0.6 is 0 Å². The van der Waals surface area contributed by atoms with Crippen LogP contribution in [0.5, 0.6) is 0 Å². The number of carbonyl (C=O) groups excluding carboxylic acids is 10. The fourth-order valence-corrected chi connectivity index (χ4v) is 10.3. The molecule has 9 amide bonds. The summed E-state index contributed by atoms with van der Waals surface area (Å²) in [6.45, 7) is 2.57. The topological polar surface area (TPSA) is 354 Å². The van der Waals surface area contributed by atoms with Crippen LogP contribution in [0.4, 0.5) is 0 Å². The van der Waals surface area contributed by atoms with Crippen molar-refractivity contribution >= 4 is 82.0 Å². The summed E-state index contributed by atoms with van der Waals surface area (Å²) in [7, 11) is 0. The molecule has 4 aliphatic heterocycles. The van der Waals surface area contributed by atoms with Gasteiger partial charge in [-0.3, -0.25) is 57.9 Å². The van der Waals surface area contributed by atoms with Gasteiger partial charge in [0.1, 0.15) is 42.3 Å². The van der Waals surface area contributed by atoms with Crippen molar-refractivity contribution in [3.63, 3.8) is 0 Å². The lowest BCUT2D eigenvalue weighted by Gasteiger charge is -2.33. The average molecular weight is 1080 g/mol. The maximum atomic E-state index is 15.0.